The molecule has 2 heterocycles. The highest BCUT2D eigenvalue weighted by atomic mass is 16.2. The van der Waals surface area contributed by atoms with Gasteiger partial charge in [0, 0.05) is 25.0 Å². The summed E-state index contributed by atoms with van der Waals surface area (Å²) in [7, 11) is 1.81. The van der Waals surface area contributed by atoms with Crippen LogP contribution in [0.25, 0.3) is 0 Å². The Labute approximate surface area is 92.7 Å². The zero-order valence-electron chi connectivity index (χ0n) is 9.19. The van der Waals surface area contributed by atoms with Gasteiger partial charge in [0.15, 0.2) is 5.82 Å². The third-order valence-electron chi connectivity index (χ3n) is 2.19. The molecule has 0 unspecified atom stereocenters. The van der Waals surface area contributed by atoms with Crippen LogP contribution in [0, 0.1) is 0 Å². The second kappa shape index (κ2) is 4.18. The summed E-state index contributed by atoms with van der Waals surface area (Å²) in [6.45, 7) is 2.01. The maximum Gasteiger partial charge on any atom is 0.277 e. The van der Waals surface area contributed by atoms with E-state index < -0.39 is 0 Å². The molecular weight excluding hydrogens is 206 g/mol. The number of carbonyl (C=O) groups is 1. The first-order valence-electron chi connectivity index (χ1n) is 5.02. The predicted molar refractivity (Wildman–Crippen MR) is 59.1 cm³/mol. The van der Waals surface area contributed by atoms with E-state index in [0.717, 1.165) is 12.1 Å². The van der Waals surface area contributed by atoms with E-state index in [1.54, 1.807) is 23.2 Å². The number of amides is 1. The van der Waals surface area contributed by atoms with Crippen LogP contribution in [0.15, 0.2) is 18.6 Å². The van der Waals surface area contributed by atoms with Crippen molar-refractivity contribution in [1.29, 1.82) is 0 Å². The standard InChI is InChI=1S/C10H13N5O/c1-3-7-4-9(14-13-7)12-10(16)8-5-15(2)6-11-8/h4-6H,3H2,1-2H3,(H2,12,13,14,16). The molecule has 6 heteroatoms. The number of carbonyl (C=O) groups excluding carboxylic acids is 1. The van der Waals surface area contributed by atoms with Crippen molar-refractivity contribution >= 4 is 11.7 Å². The number of hydrogen-bond acceptors (Lipinski definition) is 3. The van der Waals surface area contributed by atoms with Crippen LogP contribution in [0.5, 0.6) is 0 Å². The van der Waals surface area contributed by atoms with E-state index in [1.807, 2.05) is 14.0 Å². The molecule has 0 saturated heterocycles. The van der Waals surface area contributed by atoms with Crippen LogP contribution in [0.3, 0.4) is 0 Å². The van der Waals surface area contributed by atoms with Gasteiger partial charge in [-0.15, -0.1) is 0 Å². The minimum Gasteiger partial charge on any atom is -0.340 e. The molecule has 0 spiro atoms. The number of H-pyrrole nitrogens is 1. The summed E-state index contributed by atoms with van der Waals surface area (Å²) >= 11 is 0. The average Bonchev–Trinajstić information content (AvgIpc) is 2.87. The van der Waals surface area contributed by atoms with Gasteiger partial charge in [-0.05, 0) is 6.42 Å². The Morgan fingerprint density at radius 1 is 1.62 bits per heavy atom. The molecule has 0 fully saturated rings. The largest absolute Gasteiger partial charge is 0.340 e. The van der Waals surface area contributed by atoms with Crippen LogP contribution in [0.4, 0.5) is 5.82 Å². The van der Waals surface area contributed by atoms with Gasteiger partial charge in [-0.2, -0.15) is 5.10 Å². The first-order valence-corrected chi connectivity index (χ1v) is 5.02. The van der Waals surface area contributed by atoms with Crippen LogP contribution in [0.1, 0.15) is 23.1 Å². The van der Waals surface area contributed by atoms with E-state index >= 15 is 0 Å². The van der Waals surface area contributed by atoms with Crippen molar-refractivity contribution in [3.63, 3.8) is 0 Å². The van der Waals surface area contributed by atoms with Crippen LogP contribution < -0.4 is 5.32 Å². The first kappa shape index (κ1) is 10.4. The Balaban J connectivity index is 2.07. The fourth-order valence-electron chi connectivity index (χ4n) is 1.32. The lowest BCUT2D eigenvalue weighted by Crippen LogP contribution is -2.12. The number of nitrogens with zero attached hydrogens (tertiary/aromatic N) is 3. The van der Waals surface area contributed by atoms with E-state index in [4.69, 9.17) is 0 Å². The zero-order valence-corrected chi connectivity index (χ0v) is 9.19. The van der Waals surface area contributed by atoms with Crippen molar-refractivity contribution in [2.45, 2.75) is 13.3 Å². The molecule has 0 bridgehead atoms. The molecule has 0 aliphatic heterocycles. The van der Waals surface area contributed by atoms with E-state index in [9.17, 15) is 4.79 Å². The predicted octanol–water partition coefficient (Wildman–Crippen LogP) is 0.958. The summed E-state index contributed by atoms with van der Waals surface area (Å²) in [5.74, 6) is 0.266. The number of aromatic nitrogens is 4. The highest BCUT2D eigenvalue weighted by molar-refractivity contribution is 6.02. The topological polar surface area (TPSA) is 75.6 Å². The molecule has 0 aliphatic rings. The fraction of sp³-hybridized carbons (Fsp3) is 0.300. The second-order valence-corrected chi connectivity index (χ2v) is 3.51. The maximum atomic E-state index is 11.7. The lowest BCUT2D eigenvalue weighted by Gasteiger charge is -1.96. The Bertz CT molecular complexity index is 499. The Kier molecular flexibility index (Phi) is 2.72. The maximum absolute atomic E-state index is 11.7. The van der Waals surface area contributed by atoms with Gasteiger partial charge < -0.3 is 9.88 Å². The molecule has 6 nitrogen and oxygen atoms in total. The summed E-state index contributed by atoms with van der Waals surface area (Å²) in [4.78, 5) is 15.6. The van der Waals surface area contributed by atoms with Crippen LogP contribution in [-0.4, -0.2) is 25.7 Å². The summed E-state index contributed by atoms with van der Waals surface area (Å²) in [6, 6.07) is 1.81. The molecular formula is C10H13N5O. The molecule has 2 aromatic rings. The monoisotopic (exact) mass is 219 g/mol. The van der Waals surface area contributed by atoms with Gasteiger partial charge in [-0.1, -0.05) is 6.92 Å². The van der Waals surface area contributed by atoms with E-state index in [1.165, 1.54) is 0 Å². The van der Waals surface area contributed by atoms with Crippen molar-refractivity contribution in [2.24, 2.45) is 7.05 Å². The summed E-state index contributed by atoms with van der Waals surface area (Å²) < 4.78 is 1.72. The lowest BCUT2D eigenvalue weighted by molar-refractivity contribution is 0.102. The van der Waals surface area contributed by atoms with Crippen LogP contribution in [-0.2, 0) is 13.5 Å². The highest BCUT2D eigenvalue weighted by Gasteiger charge is 2.10. The quantitative estimate of drug-likeness (QED) is 0.807. The summed E-state index contributed by atoms with van der Waals surface area (Å²) in [5, 5.41) is 9.46. The number of nitrogens with one attached hydrogen (secondary N) is 2. The van der Waals surface area contributed by atoms with Crippen molar-refractivity contribution in [3.05, 3.63) is 30.0 Å². The van der Waals surface area contributed by atoms with Gasteiger partial charge in [0.25, 0.3) is 5.91 Å². The lowest BCUT2D eigenvalue weighted by atomic mass is 10.3. The van der Waals surface area contributed by atoms with Crippen molar-refractivity contribution in [1.82, 2.24) is 19.7 Å². The third-order valence-corrected chi connectivity index (χ3v) is 2.19. The normalized spacial score (nSPS) is 10.4. The number of rotatable bonds is 3. The second-order valence-electron chi connectivity index (χ2n) is 3.51. The van der Waals surface area contributed by atoms with Gasteiger partial charge in [0.05, 0.1) is 6.33 Å². The van der Waals surface area contributed by atoms with Gasteiger partial charge in [-0.3, -0.25) is 9.89 Å². The van der Waals surface area contributed by atoms with Crippen LogP contribution in [0.2, 0.25) is 0 Å². The molecule has 0 radical (unpaired) electrons. The molecule has 1 amide bonds. The number of imidazole rings is 1. The molecule has 2 N–H and O–H groups in total. The van der Waals surface area contributed by atoms with Gasteiger partial charge in [-0.25, -0.2) is 4.98 Å². The molecule has 84 valence electrons. The molecule has 2 rings (SSSR count). The molecule has 0 aliphatic carbocycles. The number of hydrogen-bond donors (Lipinski definition) is 2. The Hall–Kier alpha value is -2.11. The minimum absolute atomic E-state index is 0.255. The fourth-order valence-corrected chi connectivity index (χ4v) is 1.32. The van der Waals surface area contributed by atoms with Crippen LogP contribution >= 0.6 is 0 Å². The minimum atomic E-state index is -0.255. The third kappa shape index (κ3) is 2.10. The number of anilines is 1. The SMILES string of the molecule is CCc1cc(NC(=O)c2cn(C)cn2)n[nH]1. The zero-order chi connectivity index (χ0) is 11.5. The Morgan fingerprint density at radius 2 is 2.44 bits per heavy atom. The van der Waals surface area contributed by atoms with Gasteiger partial charge >= 0.3 is 0 Å². The number of aromatic amines is 1. The van der Waals surface area contributed by atoms with E-state index in [2.05, 4.69) is 20.5 Å². The Morgan fingerprint density at radius 3 is 3.00 bits per heavy atom. The van der Waals surface area contributed by atoms with Crippen molar-refractivity contribution in [2.75, 3.05) is 5.32 Å². The number of aryl methyl sites for hydroxylation is 2. The molecule has 0 atom stereocenters. The highest BCUT2D eigenvalue weighted by Crippen LogP contribution is 2.07. The smallest absolute Gasteiger partial charge is 0.277 e. The van der Waals surface area contributed by atoms with E-state index in [-0.39, 0.29) is 5.91 Å². The van der Waals surface area contributed by atoms with E-state index in [0.29, 0.717) is 11.5 Å². The molecule has 0 saturated carbocycles. The molecule has 0 aromatic carbocycles. The van der Waals surface area contributed by atoms with Gasteiger partial charge in [0.2, 0.25) is 0 Å². The summed E-state index contributed by atoms with van der Waals surface area (Å²) in [6.07, 6.45) is 4.09. The van der Waals surface area contributed by atoms with Gasteiger partial charge in [0.1, 0.15) is 5.69 Å². The first-order chi connectivity index (χ1) is 7.69. The molecule has 2 aromatic heterocycles. The van der Waals surface area contributed by atoms with Crippen molar-refractivity contribution < 1.29 is 4.79 Å². The summed E-state index contributed by atoms with van der Waals surface area (Å²) in [5.41, 5.74) is 1.36. The molecule has 16 heavy (non-hydrogen) atoms. The average molecular weight is 219 g/mol. The van der Waals surface area contributed by atoms with Crippen molar-refractivity contribution in [3.8, 4) is 0 Å².